The second-order valence-corrected chi connectivity index (χ2v) is 5.72. The van der Waals surface area contributed by atoms with Crippen LogP contribution in [-0.2, 0) is 4.79 Å². The smallest absolute Gasteiger partial charge is 0.315 e. The fourth-order valence-electron chi connectivity index (χ4n) is 1.98. The third-order valence-electron chi connectivity index (χ3n) is 3.03. The van der Waals surface area contributed by atoms with Crippen LogP contribution in [0.2, 0.25) is 0 Å². The average Bonchev–Trinajstić information content (AvgIpc) is 2.63. The number of alkyl halides is 3. The first-order valence-corrected chi connectivity index (χ1v) is 6.64. The molecule has 1 aromatic carbocycles. The number of likely N-dealkylation sites (N-methyl/N-ethyl adjacent to an activating group) is 1. The van der Waals surface area contributed by atoms with E-state index in [0.29, 0.717) is 5.56 Å². The molecule has 1 atom stereocenters. The van der Waals surface area contributed by atoms with Gasteiger partial charge in [0.2, 0.25) is 0 Å². The van der Waals surface area contributed by atoms with Gasteiger partial charge in [-0.25, -0.2) is 5.01 Å². The zero-order valence-corrected chi connectivity index (χ0v) is 11.9. The van der Waals surface area contributed by atoms with Crippen molar-refractivity contribution in [3.05, 3.63) is 29.8 Å². The van der Waals surface area contributed by atoms with E-state index in [0.717, 1.165) is 5.01 Å². The van der Waals surface area contributed by atoms with Crippen molar-refractivity contribution in [3.8, 4) is 0 Å². The molecule has 0 saturated carbocycles. The third kappa shape index (κ3) is 3.04. The molecule has 114 valence electrons. The Kier molecular flexibility index (Phi) is 4.00. The van der Waals surface area contributed by atoms with E-state index in [-0.39, 0.29) is 22.4 Å². The van der Waals surface area contributed by atoms with Crippen molar-refractivity contribution in [2.24, 2.45) is 5.10 Å². The molecule has 0 aromatic heterocycles. The number of nitrogens with one attached hydrogen (secondary N) is 1. The summed E-state index contributed by atoms with van der Waals surface area (Å²) in [6.07, 6.45) is 0. The van der Waals surface area contributed by atoms with E-state index < -0.39 is 17.0 Å². The second kappa shape index (κ2) is 5.32. The van der Waals surface area contributed by atoms with Gasteiger partial charge in [0.05, 0.1) is 5.71 Å². The Morgan fingerprint density at radius 1 is 1.33 bits per heavy atom. The lowest BCUT2D eigenvalue weighted by Gasteiger charge is -2.21. The van der Waals surface area contributed by atoms with E-state index in [1.54, 1.807) is 0 Å². The van der Waals surface area contributed by atoms with Crippen LogP contribution in [0.3, 0.4) is 0 Å². The van der Waals surface area contributed by atoms with Gasteiger partial charge in [0.15, 0.2) is 5.54 Å². The van der Waals surface area contributed by atoms with Gasteiger partial charge in [-0.15, -0.1) is 0 Å². The largest absolute Gasteiger partial charge is 0.446 e. The van der Waals surface area contributed by atoms with Crippen molar-refractivity contribution in [2.75, 3.05) is 7.05 Å². The molecule has 1 aliphatic heterocycles. The Hall–Kier alpha value is -1.58. The van der Waals surface area contributed by atoms with E-state index in [9.17, 15) is 23.2 Å². The maximum Gasteiger partial charge on any atom is 0.446 e. The van der Waals surface area contributed by atoms with Gasteiger partial charge in [-0.3, -0.25) is 4.79 Å². The van der Waals surface area contributed by atoms with E-state index in [1.165, 1.54) is 38.2 Å². The molecular weight excluding hydrogens is 307 g/mol. The van der Waals surface area contributed by atoms with Crippen LogP contribution in [0.5, 0.6) is 0 Å². The predicted molar refractivity (Wildman–Crippen MR) is 71.0 cm³/mol. The molecule has 2 rings (SSSR count). The van der Waals surface area contributed by atoms with Crippen LogP contribution in [0.4, 0.5) is 13.2 Å². The number of carbonyl (C=O) groups excluding carboxylic acids is 1. The van der Waals surface area contributed by atoms with Crippen LogP contribution in [0, 0.1) is 0 Å². The highest BCUT2D eigenvalue weighted by molar-refractivity contribution is 8.00. The first-order chi connectivity index (χ1) is 9.67. The number of benzene rings is 1. The second-order valence-electron chi connectivity index (χ2n) is 4.59. The first-order valence-electron chi connectivity index (χ1n) is 5.82. The number of hydroxylamine groups is 1. The summed E-state index contributed by atoms with van der Waals surface area (Å²) in [6, 6.07) is 5.43. The fraction of sp³-hybridized carbons (Fsp3) is 0.333. The molecule has 2 N–H and O–H groups in total. The molecule has 9 heteroatoms. The summed E-state index contributed by atoms with van der Waals surface area (Å²) in [5, 5.41) is 14.3. The number of amides is 1. The topological polar surface area (TPSA) is 64.9 Å². The minimum absolute atomic E-state index is 0.0307. The molecule has 1 aliphatic rings. The van der Waals surface area contributed by atoms with Crippen LogP contribution in [0.15, 0.2) is 34.3 Å². The summed E-state index contributed by atoms with van der Waals surface area (Å²) < 4.78 is 36.8. The van der Waals surface area contributed by atoms with Gasteiger partial charge in [0.1, 0.15) is 0 Å². The monoisotopic (exact) mass is 319 g/mol. The first kappa shape index (κ1) is 15.8. The molecular formula is C12H12F3N3O2S. The van der Waals surface area contributed by atoms with Crippen molar-refractivity contribution >= 4 is 23.4 Å². The zero-order chi connectivity index (χ0) is 15.8. The molecule has 0 radical (unpaired) electrons. The van der Waals surface area contributed by atoms with Gasteiger partial charge in [0.25, 0.3) is 5.91 Å². The lowest BCUT2D eigenvalue weighted by Crippen LogP contribution is -2.53. The van der Waals surface area contributed by atoms with E-state index in [2.05, 4.69) is 5.10 Å². The summed E-state index contributed by atoms with van der Waals surface area (Å²) in [5.74, 6) is -0.464. The summed E-state index contributed by atoms with van der Waals surface area (Å²) in [5.41, 5.74) is -3.18. The van der Waals surface area contributed by atoms with Crippen molar-refractivity contribution < 1.29 is 23.2 Å². The Balaban J connectivity index is 2.31. The molecule has 1 heterocycles. The molecule has 0 aliphatic carbocycles. The average molecular weight is 319 g/mol. The summed E-state index contributed by atoms with van der Waals surface area (Å²) in [6.45, 7) is 1.44. The predicted octanol–water partition coefficient (Wildman–Crippen LogP) is 2.21. The number of nitrogens with zero attached hydrogens (tertiary/aromatic N) is 2. The molecule has 0 saturated heterocycles. The van der Waals surface area contributed by atoms with Gasteiger partial charge in [0, 0.05) is 17.5 Å². The van der Waals surface area contributed by atoms with Gasteiger partial charge in [-0.2, -0.15) is 23.8 Å². The number of thioether (sulfide) groups is 1. The Morgan fingerprint density at radius 3 is 2.38 bits per heavy atom. The van der Waals surface area contributed by atoms with Crippen molar-refractivity contribution in [3.63, 3.8) is 0 Å². The van der Waals surface area contributed by atoms with Crippen molar-refractivity contribution in [2.45, 2.75) is 22.9 Å². The maximum atomic E-state index is 12.3. The lowest BCUT2D eigenvalue weighted by atomic mass is 9.91. The van der Waals surface area contributed by atoms with Gasteiger partial charge >= 0.3 is 5.51 Å². The van der Waals surface area contributed by atoms with Gasteiger partial charge < -0.3 is 5.21 Å². The highest BCUT2D eigenvalue weighted by Crippen LogP contribution is 2.37. The summed E-state index contributed by atoms with van der Waals surface area (Å²) >= 11 is -0.224. The maximum absolute atomic E-state index is 12.3. The van der Waals surface area contributed by atoms with Crippen LogP contribution >= 0.6 is 11.8 Å². The number of hydrazone groups is 1. The van der Waals surface area contributed by atoms with E-state index in [1.807, 2.05) is 5.48 Å². The number of carbonyl (C=O) groups is 1. The zero-order valence-electron chi connectivity index (χ0n) is 11.1. The number of hydrogen-bond donors (Lipinski definition) is 2. The van der Waals surface area contributed by atoms with Gasteiger partial charge in [-0.05, 0) is 30.8 Å². The van der Waals surface area contributed by atoms with Gasteiger partial charge in [-0.1, -0.05) is 12.1 Å². The molecule has 5 nitrogen and oxygen atoms in total. The summed E-state index contributed by atoms with van der Waals surface area (Å²) in [7, 11) is 1.43. The molecule has 1 aromatic rings. The Bertz CT molecular complexity index is 588. The molecule has 0 spiro atoms. The number of halogens is 3. The normalized spacial score (nSPS) is 22.7. The van der Waals surface area contributed by atoms with Crippen LogP contribution in [-0.4, -0.2) is 39.9 Å². The minimum Gasteiger partial charge on any atom is -0.315 e. The molecule has 0 fully saturated rings. The SMILES string of the molecule is CN1N=C(c2ccc(SC(F)(F)F)cc2)C(C)(NO)C1=O. The quantitative estimate of drug-likeness (QED) is 0.662. The lowest BCUT2D eigenvalue weighted by molar-refractivity contribution is -0.134. The molecule has 1 amide bonds. The van der Waals surface area contributed by atoms with Crippen LogP contribution < -0.4 is 5.48 Å². The van der Waals surface area contributed by atoms with E-state index in [4.69, 9.17) is 0 Å². The molecule has 1 unspecified atom stereocenters. The fourth-order valence-corrected chi connectivity index (χ4v) is 2.52. The summed E-state index contributed by atoms with van der Waals surface area (Å²) in [4.78, 5) is 12.0. The van der Waals surface area contributed by atoms with Crippen LogP contribution in [0.1, 0.15) is 12.5 Å². The third-order valence-corrected chi connectivity index (χ3v) is 3.77. The standard InChI is InChI=1S/C12H12F3N3O2S/c1-11(17-20)9(16-18(2)10(11)19)7-3-5-8(6-4-7)21-12(13,14)15/h3-6,17,20H,1-2H3. The molecule has 21 heavy (non-hydrogen) atoms. The highest BCUT2D eigenvalue weighted by atomic mass is 32.2. The minimum atomic E-state index is -4.36. The Morgan fingerprint density at radius 2 is 1.90 bits per heavy atom. The van der Waals surface area contributed by atoms with Crippen molar-refractivity contribution in [1.82, 2.24) is 10.5 Å². The highest BCUT2D eigenvalue weighted by Gasteiger charge is 2.46. The van der Waals surface area contributed by atoms with Crippen molar-refractivity contribution in [1.29, 1.82) is 0 Å². The number of hydrogen-bond acceptors (Lipinski definition) is 5. The Labute approximate surface area is 122 Å². The molecule has 0 bridgehead atoms. The van der Waals surface area contributed by atoms with E-state index >= 15 is 0 Å². The van der Waals surface area contributed by atoms with Crippen LogP contribution in [0.25, 0.3) is 0 Å². The number of rotatable bonds is 3.